The summed E-state index contributed by atoms with van der Waals surface area (Å²) in [4.78, 5) is 23.7. The van der Waals surface area contributed by atoms with Crippen molar-refractivity contribution in [2.45, 2.75) is 6.61 Å². The van der Waals surface area contributed by atoms with Crippen LogP contribution in [-0.2, 0) is 4.79 Å². The highest BCUT2D eigenvalue weighted by Gasteiger charge is 2.14. The lowest BCUT2D eigenvalue weighted by atomic mass is 10.2. The van der Waals surface area contributed by atoms with Gasteiger partial charge in [0.1, 0.15) is 5.75 Å². The summed E-state index contributed by atoms with van der Waals surface area (Å²) < 4.78 is 27.9. The second-order valence-electron chi connectivity index (χ2n) is 2.38. The fraction of sp³-hybridized carbons (Fsp3) is 0.111. The van der Waals surface area contributed by atoms with Gasteiger partial charge in [0.25, 0.3) is 5.91 Å². The van der Waals surface area contributed by atoms with E-state index in [0.717, 1.165) is 6.08 Å². The minimum Gasteiger partial charge on any atom is -0.434 e. The highest BCUT2D eigenvalue weighted by Crippen LogP contribution is 2.20. The molecule has 0 aliphatic rings. The Balaban J connectivity index is 3.05. The Hall–Kier alpha value is -2.07. The summed E-state index contributed by atoms with van der Waals surface area (Å²) >= 11 is 0. The molecule has 0 unspecified atom stereocenters. The molecule has 0 radical (unpaired) electrons. The van der Waals surface area contributed by atoms with E-state index in [-0.39, 0.29) is 11.3 Å². The van der Waals surface area contributed by atoms with E-state index in [2.05, 4.69) is 9.73 Å². The van der Waals surface area contributed by atoms with Crippen molar-refractivity contribution in [3.8, 4) is 5.75 Å². The molecule has 0 aromatic heterocycles. The van der Waals surface area contributed by atoms with Crippen LogP contribution >= 0.6 is 0 Å². The van der Waals surface area contributed by atoms with Crippen molar-refractivity contribution in [1.82, 2.24) is 0 Å². The van der Waals surface area contributed by atoms with Gasteiger partial charge >= 0.3 is 6.61 Å². The molecule has 6 heteroatoms. The number of rotatable bonds is 3. The fourth-order valence-corrected chi connectivity index (χ4v) is 0.944. The minimum atomic E-state index is -3.04. The lowest BCUT2D eigenvalue weighted by Crippen LogP contribution is -2.06. The number of benzene rings is 1. The Morgan fingerprint density at radius 1 is 1.40 bits per heavy atom. The lowest BCUT2D eigenvalue weighted by Gasteiger charge is -2.06. The maximum absolute atomic E-state index is 11.9. The number of nitrogens with zero attached hydrogens (tertiary/aromatic N) is 1. The number of carbonyl (C=O) groups excluding carboxylic acids is 2. The second-order valence-corrected chi connectivity index (χ2v) is 2.38. The van der Waals surface area contributed by atoms with E-state index in [4.69, 9.17) is 0 Å². The fourth-order valence-electron chi connectivity index (χ4n) is 0.944. The normalized spacial score (nSPS) is 9.53. The van der Waals surface area contributed by atoms with Crippen molar-refractivity contribution in [2.75, 3.05) is 0 Å². The van der Waals surface area contributed by atoms with Crippen molar-refractivity contribution < 1.29 is 23.1 Å². The molecule has 0 saturated heterocycles. The molecule has 78 valence electrons. The summed E-state index contributed by atoms with van der Waals surface area (Å²) in [6.45, 7) is -3.04. The summed E-state index contributed by atoms with van der Waals surface area (Å²) in [5.74, 6) is -1.29. The van der Waals surface area contributed by atoms with E-state index in [1.807, 2.05) is 0 Å². The number of amides is 1. The summed E-state index contributed by atoms with van der Waals surface area (Å²) in [7, 11) is 0. The topological polar surface area (TPSA) is 55.7 Å². The monoisotopic (exact) mass is 213 g/mol. The van der Waals surface area contributed by atoms with Gasteiger partial charge in [-0.1, -0.05) is 12.1 Å². The quantitative estimate of drug-likeness (QED) is 0.567. The predicted octanol–water partition coefficient (Wildman–Crippen LogP) is 1.76. The number of ether oxygens (including phenoxy) is 1. The third kappa shape index (κ3) is 2.96. The van der Waals surface area contributed by atoms with Crippen molar-refractivity contribution in [1.29, 1.82) is 0 Å². The smallest absolute Gasteiger partial charge is 0.387 e. The number of alkyl halides is 2. The van der Waals surface area contributed by atoms with E-state index in [9.17, 15) is 18.4 Å². The number of para-hydroxylation sites is 1. The Labute approximate surface area is 83.2 Å². The van der Waals surface area contributed by atoms with Crippen molar-refractivity contribution >= 4 is 12.0 Å². The third-order valence-corrected chi connectivity index (χ3v) is 1.48. The molecule has 0 spiro atoms. The number of aliphatic imine (C=N–C) groups is 1. The lowest BCUT2D eigenvalue weighted by molar-refractivity contribution is -0.0501. The molecule has 0 atom stereocenters. The van der Waals surface area contributed by atoms with Gasteiger partial charge in [0.15, 0.2) is 0 Å². The van der Waals surface area contributed by atoms with Crippen molar-refractivity contribution in [2.24, 2.45) is 4.99 Å². The molecule has 4 nitrogen and oxygen atoms in total. The summed E-state index contributed by atoms with van der Waals surface area (Å²) in [5, 5.41) is 0. The van der Waals surface area contributed by atoms with Gasteiger partial charge in [-0.05, 0) is 12.1 Å². The first-order valence-electron chi connectivity index (χ1n) is 3.81. The molecule has 0 fully saturated rings. The molecule has 1 aromatic rings. The highest BCUT2D eigenvalue weighted by molar-refractivity contribution is 5.99. The van der Waals surface area contributed by atoms with Crippen LogP contribution in [0.4, 0.5) is 8.78 Å². The first-order chi connectivity index (χ1) is 7.15. The molecule has 0 aliphatic carbocycles. The zero-order valence-corrected chi connectivity index (χ0v) is 7.31. The Morgan fingerprint density at radius 2 is 2.07 bits per heavy atom. The molecule has 1 aromatic carbocycles. The van der Waals surface area contributed by atoms with Crippen LogP contribution in [0.5, 0.6) is 5.75 Å². The molecule has 1 amide bonds. The van der Waals surface area contributed by atoms with Gasteiger partial charge in [-0.2, -0.15) is 8.78 Å². The molecule has 1 rings (SSSR count). The average Bonchev–Trinajstić information content (AvgIpc) is 2.18. The standard InChI is InChI=1S/C9H5F2NO3/c10-9(11)15-7-4-2-1-3-6(7)8(14)12-5-13/h1-4,9H. The van der Waals surface area contributed by atoms with Gasteiger partial charge in [0.2, 0.25) is 6.08 Å². The first-order valence-corrected chi connectivity index (χ1v) is 3.81. The van der Waals surface area contributed by atoms with Crippen LogP contribution in [0.15, 0.2) is 29.3 Å². The van der Waals surface area contributed by atoms with Gasteiger partial charge in [0, 0.05) is 0 Å². The van der Waals surface area contributed by atoms with E-state index >= 15 is 0 Å². The molecular formula is C9H5F2NO3. The van der Waals surface area contributed by atoms with Crippen LogP contribution < -0.4 is 4.74 Å². The Kier molecular flexibility index (Phi) is 3.65. The Morgan fingerprint density at radius 3 is 2.67 bits per heavy atom. The first kappa shape index (κ1) is 11.0. The highest BCUT2D eigenvalue weighted by atomic mass is 19.3. The largest absolute Gasteiger partial charge is 0.434 e. The number of hydrogen-bond acceptors (Lipinski definition) is 3. The van der Waals surface area contributed by atoms with Crippen molar-refractivity contribution in [3.05, 3.63) is 29.8 Å². The minimum absolute atomic E-state index is 0.207. The van der Waals surface area contributed by atoms with Crippen LogP contribution in [0.3, 0.4) is 0 Å². The zero-order chi connectivity index (χ0) is 11.3. The predicted molar refractivity (Wildman–Crippen MR) is 45.5 cm³/mol. The van der Waals surface area contributed by atoms with Crippen LogP contribution in [0.1, 0.15) is 10.4 Å². The maximum atomic E-state index is 11.9. The maximum Gasteiger partial charge on any atom is 0.387 e. The Bertz CT molecular complexity index is 414. The molecule has 0 N–H and O–H groups in total. The summed E-state index contributed by atoms with van der Waals surface area (Å²) in [5.41, 5.74) is -0.207. The number of halogens is 2. The van der Waals surface area contributed by atoms with Gasteiger partial charge < -0.3 is 4.74 Å². The molecule has 15 heavy (non-hydrogen) atoms. The number of hydrogen-bond donors (Lipinski definition) is 0. The number of carbonyl (C=O) groups is 1. The summed E-state index contributed by atoms with van der Waals surface area (Å²) in [6.07, 6.45) is 1.03. The van der Waals surface area contributed by atoms with Gasteiger partial charge in [0.05, 0.1) is 5.56 Å². The third-order valence-electron chi connectivity index (χ3n) is 1.48. The van der Waals surface area contributed by atoms with Crippen LogP contribution in [0, 0.1) is 0 Å². The molecular weight excluding hydrogens is 208 g/mol. The van der Waals surface area contributed by atoms with Gasteiger partial charge in [-0.3, -0.25) is 4.79 Å². The van der Waals surface area contributed by atoms with Crippen LogP contribution in [0.25, 0.3) is 0 Å². The molecule has 0 heterocycles. The average molecular weight is 213 g/mol. The zero-order valence-electron chi connectivity index (χ0n) is 7.31. The van der Waals surface area contributed by atoms with Crippen LogP contribution in [0.2, 0.25) is 0 Å². The van der Waals surface area contributed by atoms with Gasteiger partial charge in [-0.25, -0.2) is 4.79 Å². The van der Waals surface area contributed by atoms with E-state index in [1.165, 1.54) is 24.3 Å². The van der Waals surface area contributed by atoms with E-state index in [1.54, 1.807) is 0 Å². The molecule has 0 bridgehead atoms. The number of isocyanates is 1. The van der Waals surface area contributed by atoms with E-state index < -0.39 is 12.5 Å². The summed E-state index contributed by atoms with van der Waals surface area (Å²) in [6, 6.07) is 5.26. The molecule has 0 aliphatic heterocycles. The molecule has 0 saturated carbocycles. The second kappa shape index (κ2) is 4.97. The van der Waals surface area contributed by atoms with E-state index in [0.29, 0.717) is 0 Å². The van der Waals surface area contributed by atoms with Crippen LogP contribution in [-0.4, -0.2) is 18.6 Å². The van der Waals surface area contributed by atoms with Crippen molar-refractivity contribution in [3.63, 3.8) is 0 Å². The van der Waals surface area contributed by atoms with Gasteiger partial charge in [-0.15, -0.1) is 4.99 Å². The SMILES string of the molecule is O=C=NC(=O)c1ccccc1OC(F)F.